The van der Waals surface area contributed by atoms with E-state index >= 15 is 0 Å². The minimum atomic E-state index is -0.233. The van der Waals surface area contributed by atoms with Gasteiger partial charge in [-0.1, -0.05) is 39.8 Å². The van der Waals surface area contributed by atoms with Crippen LogP contribution in [0, 0.1) is 0 Å². The fourth-order valence-electron chi connectivity index (χ4n) is 2.77. The number of rotatable bonds is 10. The molecule has 0 saturated heterocycles. The number of allylic oxidation sites excluding steroid dienone is 1. The second-order valence-corrected chi connectivity index (χ2v) is 8.41. The molecule has 3 rings (SSSR count). The van der Waals surface area contributed by atoms with E-state index in [1.54, 1.807) is 37.5 Å². The van der Waals surface area contributed by atoms with Gasteiger partial charge in [0.1, 0.15) is 5.75 Å². The number of anilines is 1. The summed E-state index contributed by atoms with van der Waals surface area (Å²) >= 11 is 4.65. The van der Waals surface area contributed by atoms with Crippen molar-refractivity contribution in [3.05, 3.63) is 77.0 Å². The maximum atomic E-state index is 12.4. The van der Waals surface area contributed by atoms with E-state index in [-0.39, 0.29) is 24.1 Å². The lowest BCUT2D eigenvalue weighted by Crippen LogP contribution is -2.24. The van der Waals surface area contributed by atoms with Crippen LogP contribution in [0.5, 0.6) is 5.75 Å². The number of nitrogens with zero attached hydrogens (tertiary/aromatic N) is 3. The quantitative estimate of drug-likeness (QED) is 0.314. The highest BCUT2D eigenvalue weighted by Crippen LogP contribution is 2.19. The molecule has 0 unspecified atom stereocenters. The third-order valence-corrected chi connectivity index (χ3v) is 5.77. The Bertz CT molecular complexity index is 1100. The predicted octanol–water partition coefficient (Wildman–Crippen LogP) is 3.90. The number of hydrogen-bond donors (Lipinski definition) is 2. The van der Waals surface area contributed by atoms with Gasteiger partial charge < -0.3 is 19.9 Å². The molecule has 1 aromatic heterocycles. The van der Waals surface area contributed by atoms with Gasteiger partial charge in [0, 0.05) is 22.3 Å². The SMILES string of the molecule is C=CCn1c(CNC(=O)c2ccc(OC)cc2)nnc1SCC(=O)Nc1cccc(Br)c1. The minimum absolute atomic E-state index is 0.157. The van der Waals surface area contributed by atoms with Crippen molar-refractivity contribution in [1.82, 2.24) is 20.1 Å². The number of thioether (sulfide) groups is 1. The lowest BCUT2D eigenvalue weighted by molar-refractivity contribution is -0.113. The average molecular weight is 516 g/mol. The average Bonchev–Trinajstić information content (AvgIpc) is 3.18. The highest BCUT2D eigenvalue weighted by atomic mass is 79.9. The van der Waals surface area contributed by atoms with Gasteiger partial charge in [-0.15, -0.1) is 16.8 Å². The lowest BCUT2D eigenvalue weighted by Gasteiger charge is -2.09. The summed E-state index contributed by atoms with van der Waals surface area (Å²) in [7, 11) is 1.57. The van der Waals surface area contributed by atoms with Gasteiger partial charge in [0.05, 0.1) is 19.4 Å². The molecule has 2 N–H and O–H groups in total. The summed E-state index contributed by atoms with van der Waals surface area (Å²) in [6.07, 6.45) is 1.71. The van der Waals surface area contributed by atoms with Gasteiger partial charge in [0.25, 0.3) is 5.91 Å². The molecule has 3 aromatic rings. The summed E-state index contributed by atoms with van der Waals surface area (Å²) < 4.78 is 7.81. The van der Waals surface area contributed by atoms with Gasteiger partial charge in [-0.25, -0.2) is 0 Å². The first-order chi connectivity index (χ1) is 15.5. The van der Waals surface area contributed by atoms with Crippen LogP contribution in [0.3, 0.4) is 0 Å². The van der Waals surface area contributed by atoms with E-state index in [1.165, 1.54) is 11.8 Å². The van der Waals surface area contributed by atoms with E-state index in [0.717, 1.165) is 4.47 Å². The Morgan fingerprint density at radius 3 is 2.69 bits per heavy atom. The monoisotopic (exact) mass is 515 g/mol. The maximum Gasteiger partial charge on any atom is 0.251 e. The number of hydrogen-bond acceptors (Lipinski definition) is 6. The lowest BCUT2D eigenvalue weighted by atomic mass is 10.2. The number of carbonyl (C=O) groups is 2. The number of methoxy groups -OCH3 is 1. The Kier molecular flexibility index (Phi) is 8.46. The summed E-state index contributed by atoms with van der Waals surface area (Å²) in [6.45, 7) is 4.41. The second kappa shape index (κ2) is 11.5. The highest BCUT2D eigenvalue weighted by molar-refractivity contribution is 9.10. The molecule has 2 aromatic carbocycles. The smallest absolute Gasteiger partial charge is 0.251 e. The molecule has 0 saturated carbocycles. The molecule has 10 heteroatoms. The summed E-state index contributed by atoms with van der Waals surface area (Å²) in [6, 6.07) is 14.2. The Morgan fingerprint density at radius 1 is 1.22 bits per heavy atom. The molecule has 1 heterocycles. The minimum Gasteiger partial charge on any atom is -0.497 e. The molecule has 0 bridgehead atoms. The Balaban J connectivity index is 1.59. The van der Waals surface area contributed by atoms with Crippen LogP contribution in [0.15, 0.2) is 70.8 Å². The molecule has 0 atom stereocenters. The van der Waals surface area contributed by atoms with Gasteiger partial charge in [-0.2, -0.15) is 0 Å². The molecule has 0 aliphatic rings. The fraction of sp³-hybridized carbons (Fsp3) is 0.182. The van der Waals surface area contributed by atoms with Crippen LogP contribution in [-0.2, 0) is 17.9 Å². The first kappa shape index (κ1) is 23.6. The van der Waals surface area contributed by atoms with Crippen molar-refractivity contribution in [2.24, 2.45) is 0 Å². The van der Waals surface area contributed by atoms with E-state index in [2.05, 4.69) is 43.3 Å². The van der Waals surface area contributed by atoms with Gasteiger partial charge in [0.15, 0.2) is 11.0 Å². The molecule has 0 spiro atoms. The molecule has 8 nitrogen and oxygen atoms in total. The number of aromatic nitrogens is 3. The van der Waals surface area contributed by atoms with Crippen molar-refractivity contribution in [1.29, 1.82) is 0 Å². The molecule has 0 aliphatic heterocycles. The van der Waals surface area contributed by atoms with Crippen molar-refractivity contribution in [2.45, 2.75) is 18.2 Å². The highest BCUT2D eigenvalue weighted by Gasteiger charge is 2.15. The molecule has 32 heavy (non-hydrogen) atoms. The van der Waals surface area contributed by atoms with Crippen LogP contribution in [0.2, 0.25) is 0 Å². The van der Waals surface area contributed by atoms with Crippen molar-refractivity contribution < 1.29 is 14.3 Å². The number of ether oxygens (including phenoxy) is 1. The third kappa shape index (κ3) is 6.44. The summed E-state index contributed by atoms with van der Waals surface area (Å²) in [4.78, 5) is 24.7. The van der Waals surface area contributed by atoms with Crippen LogP contribution in [-0.4, -0.2) is 39.4 Å². The van der Waals surface area contributed by atoms with E-state index in [9.17, 15) is 9.59 Å². The van der Waals surface area contributed by atoms with Crippen LogP contribution < -0.4 is 15.4 Å². The zero-order chi connectivity index (χ0) is 22.9. The van der Waals surface area contributed by atoms with Crippen molar-refractivity contribution >= 4 is 45.2 Å². The summed E-state index contributed by atoms with van der Waals surface area (Å²) in [5, 5.41) is 14.6. The maximum absolute atomic E-state index is 12.4. The predicted molar refractivity (Wildman–Crippen MR) is 128 cm³/mol. The Morgan fingerprint density at radius 2 is 2.00 bits per heavy atom. The first-order valence-corrected chi connectivity index (χ1v) is 11.4. The summed E-state index contributed by atoms with van der Waals surface area (Å²) in [5.41, 5.74) is 1.22. The normalized spacial score (nSPS) is 10.4. The van der Waals surface area contributed by atoms with E-state index in [1.807, 2.05) is 28.8 Å². The standard InChI is InChI=1S/C22H22BrN5O3S/c1-3-11-28-19(13-24-21(30)15-7-9-18(31-2)10-8-15)26-27-22(28)32-14-20(29)25-17-6-4-5-16(23)12-17/h3-10,12H,1,11,13-14H2,2H3,(H,24,30)(H,25,29). The van der Waals surface area contributed by atoms with Crippen LogP contribution in [0.1, 0.15) is 16.2 Å². The molecular weight excluding hydrogens is 494 g/mol. The molecular formula is C22H22BrN5O3S. The van der Waals surface area contributed by atoms with Crippen molar-refractivity contribution in [3.8, 4) is 5.75 Å². The molecule has 166 valence electrons. The summed E-state index contributed by atoms with van der Waals surface area (Å²) in [5.74, 6) is 1.03. The topological polar surface area (TPSA) is 98.1 Å². The van der Waals surface area contributed by atoms with Gasteiger partial charge in [-0.05, 0) is 42.5 Å². The number of carbonyl (C=O) groups excluding carboxylic acids is 2. The van der Waals surface area contributed by atoms with Gasteiger partial charge >= 0.3 is 0 Å². The number of benzene rings is 2. The fourth-order valence-corrected chi connectivity index (χ4v) is 3.93. The Hall–Kier alpha value is -3.11. The zero-order valence-corrected chi connectivity index (χ0v) is 19.8. The van der Waals surface area contributed by atoms with E-state index in [4.69, 9.17) is 4.74 Å². The first-order valence-electron chi connectivity index (χ1n) is 9.63. The van der Waals surface area contributed by atoms with E-state index in [0.29, 0.717) is 34.5 Å². The Labute approximate surface area is 198 Å². The van der Waals surface area contributed by atoms with Crippen LogP contribution >= 0.6 is 27.7 Å². The largest absolute Gasteiger partial charge is 0.497 e. The zero-order valence-electron chi connectivity index (χ0n) is 17.4. The second-order valence-electron chi connectivity index (χ2n) is 6.56. The third-order valence-electron chi connectivity index (χ3n) is 4.31. The number of halogens is 1. The van der Waals surface area contributed by atoms with Gasteiger partial charge in [-0.3, -0.25) is 9.59 Å². The van der Waals surface area contributed by atoms with Crippen LogP contribution in [0.25, 0.3) is 0 Å². The number of amides is 2. The van der Waals surface area contributed by atoms with E-state index < -0.39 is 0 Å². The molecule has 0 aliphatic carbocycles. The van der Waals surface area contributed by atoms with Crippen molar-refractivity contribution in [3.63, 3.8) is 0 Å². The molecule has 0 fully saturated rings. The van der Waals surface area contributed by atoms with Crippen LogP contribution in [0.4, 0.5) is 5.69 Å². The van der Waals surface area contributed by atoms with Crippen molar-refractivity contribution in [2.75, 3.05) is 18.2 Å². The van der Waals surface area contributed by atoms with Gasteiger partial charge in [0.2, 0.25) is 5.91 Å². The number of nitrogens with one attached hydrogen (secondary N) is 2. The molecule has 0 radical (unpaired) electrons. The molecule has 2 amide bonds.